The monoisotopic (exact) mass is 306 g/mol. The summed E-state index contributed by atoms with van der Waals surface area (Å²) in [6.45, 7) is 8.19. The van der Waals surface area contributed by atoms with Crippen molar-refractivity contribution in [3.8, 4) is 0 Å². The van der Waals surface area contributed by atoms with Crippen molar-refractivity contribution in [2.45, 2.75) is 0 Å². The van der Waals surface area contributed by atoms with Crippen LogP contribution in [0.1, 0.15) is 5.56 Å². The summed E-state index contributed by atoms with van der Waals surface area (Å²) in [5.74, 6) is 0. The molecule has 0 saturated carbocycles. The van der Waals surface area contributed by atoms with Crippen LogP contribution in [0.25, 0.3) is 6.08 Å². The standard InChI is InChI=1S/C16H26N2O2Si/c1-5-15-7-6-8-16(13-15)21(19-3,20-4)14-18-11-9-17(2)10-12-18/h5-8,13H,1,9-12,14H2,2-4H3. The van der Waals surface area contributed by atoms with Crippen LogP contribution in [-0.4, -0.2) is 72.0 Å². The highest BCUT2D eigenvalue weighted by Crippen LogP contribution is 2.12. The molecule has 2 rings (SSSR count). The first-order chi connectivity index (χ1) is 10.1. The van der Waals surface area contributed by atoms with Gasteiger partial charge in [0.05, 0.1) is 0 Å². The molecule has 1 aromatic rings. The highest BCUT2D eigenvalue weighted by atomic mass is 28.4. The number of piperazine rings is 1. The second-order valence-electron chi connectivity index (χ2n) is 5.57. The molecule has 0 aromatic heterocycles. The van der Waals surface area contributed by atoms with Crippen LogP contribution in [0.2, 0.25) is 0 Å². The molecule has 21 heavy (non-hydrogen) atoms. The lowest BCUT2D eigenvalue weighted by Gasteiger charge is -2.37. The van der Waals surface area contributed by atoms with Gasteiger partial charge in [-0.1, -0.05) is 36.9 Å². The van der Waals surface area contributed by atoms with Crippen LogP contribution in [0.5, 0.6) is 0 Å². The summed E-state index contributed by atoms with van der Waals surface area (Å²) in [6, 6.07) is 8.36. The lowest BCUT2D eigenvalue weighted by Crippen LogP contribution is -2.62. The Labute approximate surface area is 129 Å². The Morgan fingerprint density at radius 1 is 1.19 bits per heavy atom. The van der Waals surface area contributed by atoms with Gasteiger partial charge in [-0.3, -0.25) is 4.90 Å². The third-order valence-corrected chi connectivity index (χ3v) is 7.62. The van der Waals surface area contributed by atoms with E-state index in [4.69, 9.17) is 8.85 Å². The van der Waals surface area contributed by atoms with Gasteiger partial charge in [0, 0.05) is 46.6 Å². The van der Waals surface area contributed by atoms with Gasteiger partial charge in [0.15, 0.2) is 0 Å². The van der Waals surface area contributed by atoms with Crippen LogP contribution in [0, 0.1) is 0 Å². The maximum Gasteiger partial charge on any atom is 0.386 e. The van der Waals surface area contributed by atoms with Crippen molar-refractivity contribution in [1.82, 2.24) is 9.80 Å². The fraction of sp³-hybridized carbons (Fsp3) is 0.500. The van der Waals surface area contributed by atoms with Gasteiger partial charge < -0.3 is 13.8 Å². The SMILES string of the molecule is C=Cc1cccc([Si](CN2CCN(C)CC2)(OC)OC)c1. The zero-order chi connectivity index (χ0) is 15.3. The first kappa shape index (κ1) is 16.4. The molecule has 0 N–H and O–H groups in total. The predicted octanol–water partition coefficient (Wildman–Crippen LogP) is 1.06. The van der Waals surface area contributed by atoms with Crippen LogP contribution < -0.4 is 5.19 Å². The van der Waals surface area contributed by atoms with Crippen molar-refractivity contribution in [2.75, 3.05) is 53.6 Å². The topological polar surface area (TPSA) is 24.9 Å². The summed E-state index contributed by atoms with van der Waals surface area (Å²) in [7, 11) is 3.29. The fourth-order valence-corrected chi connectivity index (χ4v) is 5.46. The van der Waals surface area contributed by atoms with E-state index in [-0.39, 0.29) is 0 Å². The van der Waals surface area contributed by atoms with E-state index < -0.39 is 8.56 Å². The van der Waals surface area contributed by atoms with Crippen molar-refractivity contribution < 1.29 is 8.85 Å². The number of hydrogen-bond acceptors (Lipinski definition) is 4. The highest BCUT2D eigenvalue weighted by molar-refractivity contribution is 6.81. The lowest BCUT2D eigenvalue weighted by molar-refractivity contribution is 0.149. The zero-order valence-corrected chi connectivity index (χ0v) is 14.3. The molecule has 0 spiro atoms. The molecule has 0 radical (unpaired) electrons. The molecule has 0 unspecified atom stereocenters. The van der Waals surface area contributed by atoms with Crippen LogP contribution >= 0.6 is 0 Å². The molecular formula is C16H26N2O2Si. The number of rotatable bonds is 6. The van der Waals surface area contributed by atoms with E-state index in [1.807, 2.05) is 6.08 Å². The molecule has 0 bridgehead atoms. The summed E-state index contributed by atoms with van der Waals surface area (Å²) in [5.41, 5.74) is 1.11. The molecule has 4 nitrogen and oxygen atoms in total. The normalized spacial score (nSPS) is 17.9. The van der Waals surface area contributed by atoms with Crippen molar-refractivity contribution in [3.63, 3.8) is 0 Å². The van der Waals surface area contributed by atoms with Gasteiger partial charge in [0.25, 0.3) is 0 Å². The summed E-state index contributed by atoms with van der Waals surface area (Å²) < 4.78 is 11.9. The van der Waals surface area contributed by atoms with Gasteiger partial charge in [-0.05, 0) is 17.8 Å². The Bertz CT molecular complexity index is 469. The molecule has 1 aromatic carbocycles. The first-order valence-electron chi connectivity index (χ1n) is 7.37. The molecule has 1 saturated heterocycles. The third-order valence-electron chi connectivity index (χ3n) is 4.25. The minimum atomic E-state index is -2.42. The van der Waals surface area contributed by atoms with Crippen LogP contribution in [-0.2, 0) is 8.85 Å². The Hall–Kier alpha value is -0.983. The van der Waals surface area contributed by atoms with E-state index in [0.717, 1.165) is 37.9 Å². The van der Waals surface area contributed by atoms with Crippen LogP contribution in [0.15, 0.2) is 30.8 Å². The summed E-state index contributed by atoms with van der Waals surface area (Å²) in [5, 5.41) is 1.17. The summed E-state index contributed by atoms with van der Waals surface area (Å²) in [6.07, 6.45) is 2.73. The molecule has 1 aliphatic heterocycles. The number of hydrogen-bond donors (Lipinski definition) is 0. The molecule has 0 atom stereocenters. The van der Waals surface area contributed by atoms with Gasteiger partial charge in [0.1, 0.15) is 0 Å². The lowest BCUT2D eigenvalue weighted by atomic mass is 10.2. The Morgan fingerprint density at radius 3 is 2.43 bits per heavy atom. The summed E-state index contributed by atoms with van der Waals surface area (Å²) in [4.78, 5) is 4.82. The highest BCUT2D eigenvalue weighted by Gasteiger charge is 2.40. The van der Waals surface area contributed by atoms with Gasteiger partial charge in [-0.15, -0.1) is 0 Å². The average Bonchev–Trinajstić information content (AvgIpc) is 2.54. The number of nitrogens with zero attached hydrogens (tertiary/aromatic N) is 2. The quantitative estimate of drug-likeness (QED) is 0.734. The first-order valence-corrected chi connectivity index (χ1v) is 9.40. The van der Waals surface area contributed by atoms with E-state index in [1.54, 1.807) is 14.2 Å². The molecule has 116 valence electrons. The van der Waals surface area contributed by atoms with Crippen molar-refractivity contribution in [3.05, 3.63) is 36.4 Å². The van der Waals surface area contributed by atoms with E-state index in [1.165, 1.54) is 5.19 Å². The van der Waals surface area contributed by atoms with Crippen LogP contribution in [0.4, 0.5) is 0 Å². The van der Waals surface area contributed by atoms with E-state index >= 15 is 0 Å². The fourth-order valence-electron chi connectivity index (χ4n) is 2.74. The van der Waals surface area contributed by atoms with E-state index in [0.29, 0.717) is 0 Å². The molecule has 5 heteroatoms. The maximum absolute atomic E-state index is 5.93. The maximum atomic E-state index is 5.93. The summed E-state index contributed by atoms with van der Waals surface area (Å²) >= 11 is 0. The smallest absolute Gasteiger partial charge is 0.386 e. The second kappa shape index (κ2) is 7.33. The zero-order valence-electron chi connectivity index (χ0n) is 13.3. The second-order valence-corrected chi connectivity index (χ2v) is 8.79. The number of benzene rings is 1. The van der Waals surface area contributed by atoms with Crippen molar-refractivity contribution in [2.24, 2.45) is 0 Å². The van der Waals surface area contributed by atoms with Crippen molar-refractivity contribution in [1.29, 1.82) is 0 Å². The van der Waals surface area contributed by atoms with Gasteiger partial charge in [-0.25, -0.2) is 0 Å². The van der Waals surface area contributed by atoms with Gasteiger partial charge in [-0.2, -0.15) is 0 Å². The third kappa shape index (κ3) is 3.81. The van der Waals surface area contributed by atoms with Gasteiger partial charge in [0.2, 0.25) is 0 Å². The molecule has 0 aliphatic carbocycles. The Kier molecular flexibility index (Phi) is 5.72. The molecular weight excluding hydrogens is 280 g/mol. The Balaban J connectivity index is 2.20. The molecule has 1 aliphatic rings. The predicted molar refractivity (Wildman–Crippen MR) is 89.9 cm³/mol. The van der Waals surface area contributed by atoms with Crippen LogP contribution in [0.3, 0.4) is 0 Å². The largest absolute Gasteiger partial charge is 0.394 e. The van der Waals surface area contributed by atoms with E-state index in [9.17, 15) is 0 Å². The Morgan fingerprint density at radius 2 is 1.86 bits per heavy atom. The van der Waals surface area contributed by atoms with E-state index in [2.05, 4.69) is 47.7 Å². The molecule has 1 heterocycles. The number of likely N-dealkylation sites (N-methyl/N-ethyl adjacent to an activating group) is 1. The molecule has 0 amide bonds. The average molecular weight is 306 g/mol. The van der Waals surface area contributed by atoms with Gasteiger partial charge >= 0.3 is 8.56 Å². The van der Waals surface area contributed by atoms with Crippen molar-refractivity contribution >= 4 is 19.8 Å². The minimum absolute atomic E-state index is 0.869. The molecule has 1 fully saturated rings. The minimum Gasteiger partial charge on any atom is -0.394 e.